The Labute approximate surface area is 187 Å². The van der Waals surface area contributed by atoms with Gasteiger partial charge in [-0.05, 0) is 38.1 Å². The molecule has 1 aromatic carbocycles. The molecule has 1 atom stereocenters. The highest BCUT2D eigenvalue weighted by Gasteiger charge is 2.28. The van der Waals surface area contributed by atoms with E-state index in [1.54, 1.807) is 20.8 Å². The number of halogens is 4. The molecule has 176 valence electrons. The standard InChI is InChI=1S/C22H22F4N4O3/c1-5-30(12(2)11-32-20-18(24)8-14(10-27-20)22(4,25)26)21(31)16-7-6-15(23)9-17(16)19-29-28-13(3)33-19/h6-10,12H,5,11H2,1-4H3/t12-/m0/s1. The Hall–Kier alpha value is -3.50. The molecule has 3 rings (SSSR count). The molecule has 2 heterocycles. The molecule has 0 fully saturated rings. The molecule has 0 aliphatic carbocycles. The lowest BCUT2D eigenvalue weighted by molar-refractivity contribution is 0.0165. The number of hydrogen-bond acceptors (Lipinski definition) is 6. The SMILES string of the molecule is CCN(C(=O)c1ccc(F)cc1-c1nnc(C)o1)[C@@H](C)COc1ncc(C(C)(F)F)cc1F. The highest BCUT2D eigenvalue weighted by molar-refractivity contribution is 6.00. The van der Waals surface area contributed by atoms with Crippen LogP contribution in [0.1, 0.15) is 42.6 Å². The van der Waals surface area contributed by atoms with Crippen LogP contribution in [0.2, 0.25) is 0 Å². The predicted octanol–water partition coefficient (Wildman–Crippen LogP) is 4.76. The highest BCUT2D eigenvalue weighted by atomic mass is 19.3. The molecule has 7 nitrogen and oxygen atoms in total. The van der Waals surface area contributed by atoms with Gasteiger partial charge in [0.15, 0.2) is 5.82 Å². The van der Waals surface area contributed by atoms with Crippen molar-refractivity contribution in [2.75, 3.05) is 13.2 Å². The van der Waals surface area contributed by atoms with E-state index in [9.17, 15) is 22.4 Å². The predicted molar refractivity (Wildman–Crippen MR) is 110 cm³/mol. The number of alkyl halides is 2. The molecule has 11 heteroatoms. The van der Waals surface area contributed by atoms with Crippen molar-refractivity contribution in [3.05, 3.63) is 59.1 Å². The van der Waals surface area contributed by atoms with E-state index in [4.69, 9.17) is 9.15 Å². The Morgan fingerprint density at radius 1 is 1.24 bits per heavy atom. The molecule has 33 heavy (non-hydrogen) atoms. The zero-order valence-electron chi connectivity index (χ0n) is 18.4. The normalized spacial score (nSPS) is 12.5. The summed E-state index contributed by atoms with van der Waals surface area (Å²) in [5, 5.41) is 7.57. The summed E-state index contributed by atoms with van der Waals surface area (Å²) in [5.74, 6) is -5.54. The Balaban J connectivity index is 1.79. The fraction of sp³-hybridized carbons (Fsp3) is 0.364. The minimum atomic E-state index is -3.24. The van der Waals surface area contributed by atoms with Gasteiger partial charge in [-0.25, -0.2) is 22.5 Å². The number of rotatable bonds is 8. The van der Waals surface area contributed by atoms with Crippen molar-refractivity contribution in [2.24, 2.45) is 0 Å². The number of aryl methyl sites for hydroxylation is 1. The van der Waals surface area contributed by atoms with Crippen LogP contribution in [0.15, 0.2) is 34.9 Å². The molecular formula is C22H22F4N4O3. The first kappa shape index (κ1) is 24.1. The lowest BCUT2D eigenvalue weighted by Gasteiger charge is -2.28. The van der Waals surface area contributed by atoms with Crippen molar-refractivity contribution < 1.29 is 31.5 Å². The summed E-state index contributed by atoms with van der Waals surface area (Å²) < 4.78 is 65.4. The summed E-state index contributed by atoms with van der Waals surface area (Å²) in [4.78, 5) is 18.3. The monoisotopic (exact) mass is 466 g/mol. The summed E-state index contributed by atoms with van der Waals surface area (Å²) in [5.41, 5.74) is -0.311. The molecule has 0 unspecified atom stereocenters. The molecule has 0 aliphatic rings. The van der Waals surface area contributed by atoms with Gasteiger partial charge in [-0.2, -0.15) is 0 Å². The number of pyridine rings is 1. The van der Waals surface area contributed by atoms with E-state index in [1.807, 2.05) is 0 Å². The van der Waals surface area contributed by atoms with E-state index in [0.717, 1.165) is 18.3 Å². The number of carbonyl (C=O) groups is 1. The maximum absolute atomic E-state index is 14.2. The average molecular weight is 466 g/mol. The van der Waals surface area contributed by atoms with Gasteiger partial charge < -0.3 is 14.1 Å². The van der Waals surface area contributed by atoms with Crippen LogP contribution in [0.5, 0.6) is 5.88 Å². The van der Waals surface area contributed by atoms with E-state index in [1.165, 1.54) is 11.0 Å². The largest absolute Gasteiger partial charge is 0.473 e. The maximum atomic E-state index is 14.2. The van der Waals surface area contributed by atoms with E-state index < -0.39 is 40.9 Å². The summed E-state index contributed by atoms with van der Waals surface area (Å²) in [6.07, 6.45) is 0.836. The second-order valence-corrected chi connectivity index (χ2v) is 7.47. The van der Waals surface area contributed by atoms with Crippen molar-refractivity contribution in [2.45, 2.75) is 39.7 Å². The molecule has 0 saturated carbocycles. The second kappa shape index (κ2) is 9.55. The van der Waals surface area contributed by atoms with Gasteiger partial charge in [-0.3, -0.25) is 4.79 Å². The Morgan fingerprint density at radius 2 is 1.97 bits per heavy atom. The van der Waals surface area contributed by atoms with Crippen LogP contribution < -0.4 is 4.74 Å². The second-order valence-electron chi connectivity index (χ2n) is 7.47. The van der Waals surface area contributed by atoms with Gasteiger partial charge in [0.05, 0.1) is 17.2 Å². The van der Waals surface area contributed by atoms with Crippen LogP contribution in [0.4, 0.5) is 17.6 Å². The molecule has 0 radical (unpaired) electrons. The number of carbonyl (C=O) groups excluding carboxylic acids is 1. The van der Waals surface area contributed by atoms with E-state index in [2.05, 4.69) is 15.2 Å². The van der Waals surface area contributed by atoms with E-state index in [0.29, 0.717) is 13.0 Å². The minimum Gasteiger partial charge on any atom is -0.473 e. The van der Waals surface area contributed by atoms with Gasteiger partial charge in [0.25, 0.3) is 11.8 Å². The molecular weight excluding hydrogens is 444 g/mol. The van der Waals surface area contributed by atoms with Crippen LogP contribution >= 0.6 is 0 Å². The average Bonchev–Trinajstić information content (AvgIpc) is 3.18. The summed E-state index contributed by atoms with van der Waals surface area (Å²) in [6.45, 7) is 5.67. The van der Waals surface area contributed by atoms with E-state index in [-0.39, 0.29) is 36.1 Å². The highest BCUT2D eigenvalue weighted by Crippen LogP contribution is 2.29. The Kier molecular flexibility index (Phi) is 6.99. The summed E-state index contributed by atoms with van der Waals surface area (Å²) >= 11 is 0. The van der Waals surface area contributed by atoms with Crippen molar-refractivity contribution >= 4 is 5.91 Å². The fourth-order valence-corrected chi connectivity index (χ4v) is 3.16. The molecule has 0 N–H and O–H groups in total. The molecule has 0 bridgehead atoms. The van der Waals surface area contributed by atoms with Crippen LogP contribution in [0.25, 0.3) is 11.5 Å². The number of ether oxygens (including phenoxy) is 1. The van der Waals surface area contributed by atoms with Crippen LogP contribution in [0, 0.1) is 18.6 Å². The van der Waals surface area contributed by atoms with Gasteiger partial charge in [0, 0.05) is 32.2 Å². The summed E-state index contributed by atoms with van der Waals surface area (Å²) in [7, 11) is 0. The third kappa shape index (κ3) is 5.47. The van der Waals surface area contributed by atoms with Gasteiger partial charge in [0.1, 0.15) is 12.4 Å². The third-order valence-electron chi connectivity index (χ3n) is 4.88. The number of nitrogens with zero attached hydrogens (tertiary/aromatic N) is 4. The van der Waals surface area contributed by atoms with Crippen LogP contribution in [-0.4, -0.2) is 45.2 Å². The van der Waals surface area contributed by atoms with Crippen LogP contribution in [0.3, 0.4) is 0 Å². The zero-order chi connectivity index (χ0) is 24.3. The molecule has 0 saturated heterocycles. The number of aromatic nitrogens is 3. The lowest BCUT2D eigenvalue weighted by atomic mass is 10.0. The van der Waals surface area contributed by atoms with Crippen molar-refractivity contribution in [1.82, 2.24) is 20.1 Å². The van der Waals surface area contributed by atoms with Gasteiger partial charge >= 0.3 is 0 Å². The van der Waals surface area contributed by atoms with Crippen molar-refractivity contribution in [3.63, 3.8) is 0 Å². The first-order valence-corrected chi connectivity index (χ1v) is 10.1. The van der Waals surface area contributed by atoms with Gasteiger partial charge in [-0.15, -0.1) is 10.2 Å². The Morgan fingerprint density at radius 3 is 2.55 bits per heavy atom. The first-order chi connectivity index (χ1) is 15.5. The molecule has 0 spiro atoms. The topological polar surface area (TPSA) is 81.4 Å². The molecule has 3 aromatic rings. The molecule has 2 aromatic heterocycles. The number of amides is 1. The third-order valence-corrected chi connectivity index (χ3v) is 4.88. The fourth-order valence-electron chi connectivity index (χ4n) is 3.16. The van der Waals surface area contributed by atoms with Crippen molar-refractivity contribution in [1.29, 1.82) is 0 Å². The lowest BCUT2D eigenvalue weighted by Crippen LogP contribution is -2.42. The quantitative estimate of drug-likeness (QED) is 0.446. The first-order valence-electron chi connectivity index (χ1n) is 10.1. The minimum absolute atomic E-state index is 0.00519. The van der Waals surface area contributed by atoms with E-state index >= 15 is 0 Å². The number of hydrogen-bond donors (Lipinski definition) is 0. The maximum Gasteiger partial charge on any atom is 0.272 e. The smallest absolute Gasteiger partial charge is 0.272 e. The zero-order valence-corrected chi connectivity index (χ0v) is 18.4. The summed E-state index contributed by atoms with van der Waals surface area (Å²) in [6, 6.07) is 3.66. The Bertz CT molecular complexity index is 1150. The van der Waals surface area contributed by atoms with Crippen LogP contribution in [-0.2, 0) is 5.92 Å². The molecule has 1 amide bonds. The number of benzene rings is 1. The van der Waals surface area contributed by atoms with Crippen molar-refractivity contribution in [3.8, 4) is 17.3 Å². The number of likely N-dealkylation sites (N-methyl/N-ethyl adjacent to an activating group) is 1. The van der Waals surface area contributed by atoms with Gasteiger partial charge in [0.2, 0.25) is 17.7 Å². The van der Waals surface area contributed by atoms with Gasteiger partial charge in [-0.1, -0.05) is 0 Å². The molecule has 0 aliphatic heterocycles.